The van der Waals surface area contributed by atoms with Crippen molar-refractivity contribution < 1.29 is 0 Å². The number of hydrogen-bond acceptors (Lipinski definition) is 3. The van der Waals surface area contributed by atoms with Crippen molar-refractivity contribution in [2.24, 2.45) is 5.41 Å². The van der Waals surface area contributed by atoms with Gasteiger partial charge in [-0.2, -0.15) is 0 Å². The van der Waals surface area contributed by atoms with Gasteiger partial charge in [0, 0.05) is 20.1 Å². The fourth-order valence-electron chi connectivity index (χ4n) is 3.75. The molecular weight excluding hydrogens is 234 g/mol. The number of nitrogens with zero attached hydrogens (tertiary/aromatic N) is 2. The average Bonchev–Trinajstić information content (AvgIpc) is 2.49. The maximum absolute atomic E-state index is 4.66. The summed E-state index contributed by atoms with van der Waals surface area (Å²) in [5.41, 5.74) is 0.676. The van der Waals surface area contributed by atoms with Gasteiger partial charge in [-0.05, 0) is 43.2 Å². The van der Waals surface area contributed by atoms with Gasteiger partial charge in [0.15, 0.2) is 0 Å². The topological polar surface area (TPSA) is 28.2 Å². The van der Waals surface area contributed by atoms with Gasteiger partial charge in [-0.3, -0.25) is 0 Å². The number of anilines is 2. The summed E-state index contributed by atoms with van der Waals surface area (Å²) in [5, 5.41) is 3.13. The Bertz CT molecular complexity index is 414. The highest BCUT2D eigenvalue weighted by atomic mass is 15.2. The Morgan fingerprint density at radius 3 is 2.47 bits per heavy atom. The van der Waals surface area contributed by atoms with Crippen molar-refractivity contribution in [2.45, 2.75) is 44.9 Å². The van der Waals surface area contributed by atoms with Crippen LogP contribution < -0.4 is 10.2 Å². The van der Waals surface area contributed by atoms with Crippen LogP contribution >= 0.6 is 0 Å². The van der Waals surface area contributed by atoms with Crippen LogP contribution in [-0.2, 0) is 0 Å². The molecule has 1 aliphatic carbocycles. The Morgan fingerprint density at radius 1 is 1.05 bits per heavy atom. The lowest BCUT2D eigenvalue weighted by Gasteiger charge is -2.44. The summed E-state index contributed by atoms with van der Waals surface area (Å²) in [4.78, 5) is 7.12. The molecule has 3 heteroatoms. The van der Waals surface area contributed by atoms with Crippen LogP contribution in [0.3, 0.4) is 0 Å². The van der Waals surface area contributed by atoms with Crippen LogP contribution in [0.1, 0.15) is 44.9 Å². The first-order chi connectivity index (χ1) is 9.31. The van der Waals surface area contributed by atoms with E-state index in [0.717, 1.165) is 11.6 Å². The first kappa shape index (κ1) is 12.8. The summed E-state index contributed by atoms with van der Waals surface area (Å²) in [6.07, 6.45) is 10.0. The standard InChI is InChI=1S/C16H25N3/c1-17-14-6-5-7-15(18-14)19-12-10-16(11-13-19)8-3-2-4-9-16/h5-7H,2-4,8-13H2,1H3,(H,17,18). The molecule has 2 aliphatic rings. The predicted molar refractivity (Wildman–Crippen MR) is 80.7 cm³/mol. The van der Waals surface area contributed by atoms with E-state index in [2.05, 4.69) is 27.3 Å². The van der Waals surface area contributed by atoms with Crippen LogP contribution in [0, 0.1) is 5.41 Å². The fourth-order valence-corrected chi connectivity index (χ4v) is 3.75. The molecule has 2 heterocycles. The van der Waals surface area contributed by atoms with Crippen molar-refractivity contribution in [3.63, 3.8) is 0 Å². The van der Waals surface area contributed by atoms with Gasteiger partial charge in [0.2, 0.25) is 0 Å². The Hall–Kier alpha value is -1.25. The predicted octanol–water partition coefficient (Wildman–Crippen LogP) is 3.67. The molecular formula is C16H25N3. The van der Waals surface area contributed by atoms with Crippen molar-refractivity contribution in [3.05, 3.63) is 18.2 Å². The van der Waals surface area contributed by atoms with E-state index >= 15 is 0 Å². The van der Waals surface area contributed by atoms with E-state index in [1.165, 1.54) is 58.0 Å². The van der Waals surface area contributed by atoms with Crippen molar-refractivity contribution >= 4 is 11.6 Å². The summed E-state index contributed by atoms with van der Waals surface area (Å²) in [5.74, 6) is 2.10. The SMILES string of the molecule is CNc1cccc(N2CCC3(CCCCC3)CC2)n1. The van der Waals surface area contributed by atoms with Crippen molar-refractivity contribution in [1.82, 2.24) is 4.98 Å². The molecule has 0 radical (unpaired) electrons. The summed E-state index contributed by atoms with van der Waals surface area (Å²) < 4.78 is 0. The van der Waals surface area contributed by atoms with E-state index in [4.69, 9.17) is 0 Å². The van der Waals surface area contributed by atoms with Crippen LogP contribution in [0.25, 0.3) is 0 Å². The minimum absolute atomic E-state index is 0.676. The number of nitrogens with one attached hydrogen (secondary N) is 1. The highest BCUT2D eigenvalue weighted by molar-refractivity contribution is 5.47. The highest BCUT2D eigenvalue weighted by Crippen LogP contribution is 2.44. The number of aromatic nitrogens is 1. The zero-order valence-corrected chi connectivity index (χ0v) is 12.0. The lowest BCUT2D eigenvalue weighted by atomic mass is 9.68. The number of piperidine rings is 1. The number of rotatable bonds is 2. The van der Waals surface area contributed by atoms with Crippen molar-refractivity contribution in [2.75, 3.05) is 30.4 Å². The summed E-state index contributed by atoms with van der Waals surface area (Å²) in [6, 6.07) is 6.26. The number of hydrogen-bond donors (Lipinski definition) is 1. The van der Waals surface area contributed by atoms with Gasteiger partial charge in [-0.15, -0.1) is 0 Å². The van der Waals surface area contributed by atoms with Gasteiger partial charge in [0.1, 0.15) is 11.6 Å². The Kier molecular flexibility index (Phi) is 3.63. The molecule has 1 aliphatic heterocycles. The fraction of sp³-hybridized carbons (Fsp3) is 0.688. The molecule has 0 unspecified atom stereocenters. The Balaban J connectivity index is 1.65. The van der Waals surface area contributed by atoms with Crippen LogP contribution in [0.15, 0.2) is 18.2 Å². The molecule has 0 bridgehead atoms. The zero-order valence-electron chi connectivity index (χ0n) is 12.0. The van der Waals surface area contributed by atoms with E-state index in [1.54, 1.807) is 0 Å². The van der Waals surface area contributed by atoms with Crippen molar-refractivity contribution in [1.29, 1.82) is 0 Å². The van der Waals surface area contributed by atoms with Gasteiger partial charge in [0.05, 0.1) is 0 Å². The van der Waals surface area contributed by atoms with Gasteiger partial charge in [-0.25, -0.2) is 4.98 Å². The largest absolute Gasteiger partial charge is 0.373 e. The first-order valence-corrected chi connectivity index (χ1v) is 7.71. The van der Waals surface area contributed by atoms with Gasteiger partial charge < -0.3 is 10.2 Å². The Morgan fingerprint density at radius 2 is 1.79 bits per heavy atom. The maximum Gasteiger partial charge on any atom is 0.130 e. The molecule has 1 saturated carbocycles. The molecule has 1 aromatic rings. The van der Waals surface area contributed by atoms with E-state index in [0.29, 0.717) is 5.41 Å². The third-order valence-electron chi connectivity index (χ3n) is 5.05. The lowest BCUT2D eigenvalue weighted by Crippen LogP contribution is -2.41. The number of pyridine rings is 1. The third kappa shape index (κ3) is 2.70. The molecule has 0 atom stereocenters. The van der Waals surface area contributed by atoms with Crippen molar-refractivity contribution in [3.8, 4) is 0 Å². The summed E-state index contributed by atoms with van der Waals surface area (Å²) in [7, 11) is 1.93. The molecule has 1 saturated heterocycles. The molecule has 0 aromatic carbocycles. The molecule has 2 fully saturated rings. The van der Waals surface area contributed by atoms with Crippen LogP contribution in [0.2, 0.25) is 0 Å². The molecule has 1 N–H and O–H groups in total. The van der Waals surface area contributed by atoms with E-state index in [9.17, 15) is 0 Å². The lowest BCUT2D eigenvalue weighted by molar-refractivity contribution is 0.144. The van der Waals surface area contributed by atoms with Crippen LogP contribution in [0.5, 0.6) is 0 Å². The van der Waals surface area contributed by atoms with Gasteiger partial charge >= 0.3 is 0 Å². The van der Waals surface area contributed by atoms with Crippen LogP contribution in [0.4, 0.5) is 11.6 Å². The molecule has 0 amide bonds. The third-order valence-corrected chi connectivity index (χ3v) is 5.05. The van der Waals surface area contributed by atoms with Gasteiger partial charge in [-0.1, -0.05) is 25.3 Å². The quantitative estimate of drug-likeness (QED) is 0.878. The monoisotopic (exact) mass is 259 g/mol. The second-order valence-electron chi connectivity index (χ2n) is 6.18. The molecule has 1 aromatic heterocycles. The molecule has 19 heavy (non-hydrogen) atoms. The normalized spacial score (nSPS) is 22.5. The summed E-state index contributed by atoms with van der Waals surface area (Å²) in [6.45, 7) is 2.36. The minimum atomic E-state index is 0.676. The molecule has 1 spiro atoms. The Labute approximate surface area is 116 Å². The van der Waals surface area contributed by atoms with Gasteiger partial charge in [0.25, 0.3) is 0 Å². The van der Waals surface area contributed by atoms with E-state index in [1.807, 2.05) is 13.1 Å². The maximum atomic E-state index is 4.66. The zero-order chi connectivity index (χ0) is 13.1. The first-order valence-electron chi connectivity index (χ1n) is 7.71. The van der Waals surface area contributed by atoms with E-state index in [-0.39, 0.29) is 0 Å². The van der Waals surface area contributed by atoms with E-state index < -0.39 is 0 Å². The average molecular weight is 259 g/mol. The summed E-state index contributed by atoms with van der Waals surface area (Å²) >= 11 is 0. The minimum Gasteiger partial charge on any atom is -0.373 e. The molecule has 3 nitrogen and oxygen atoms in total. The second kappa shape index (κ2) is 5.40. The molecule has 3 rings (SSSR count). The molecule has 104 valence electrons. The van der Waals surface area contributed by atoms with Crippen LogP contribution in [-0.4, -0.2) is 25.1 Å². The smallest absolute Gasteiger partial charge is 0.130 e. The highest BCUT2D eigenvalue weighted by Gasteiger charge is 2.35. The second-order valence-corrected chi connectivity index (χ2v) is 6.18.